The van der Waals surface area contributed by atoms with Crippen LogP contribution in [0, 0.1) is 6.92 Å². The highest BCUT2D eigenvalue weighted by Crippen LogP contribution is 2.27. The Labute approximate surface area is 120 Å². The van der Waals surface area contributed by atoms with Crippen molar-refractivity contribution in [3.8, 4) is 0 Å². The van der Waals surface area contributed by atoms with Crippen LogP contribution in [0.2, 0.25) is 0 Å². The Bertz CT molecular complexity index is 605. The lowest BCUT2D eigenvalue weighted by atomic mass is 10.1. The number of aryl methyl sites for hydroxylation is 1. The number of thiazole rings is 1. The van der Waals surface area contributed by atoms with E-state index in [1.807, 2.05) is 36.6 Å². The van der Waals surface area contributed by atoms with E-state index in [1.54, 1.807) is 29.2 Å². The van der Waals surface area contributed by atoms with Crippen molar-refractivity contribution in [2.24, 2.45) is 0 Å². The maximum absolute atomic E-state index is 10.6. The van der Waals surface area contributed by atoms with Gasteiger partial charge in [0.25, 0.3) is 0 Å². The molecule has 2 rings (SSSR count). The first-order valence-electron chi connectivity index (χ1n) is 5.69. The van der Waals surface area contributed by atoms with Crippen LogP contribution in [0.5, 0.6) is 0 Å². The van der Waals surface area contributed by atoms with Gasteiger partial charge >= 0.3 is 5.97 Å². The third-order valence-electron chi connectivity index (χ3n) is 2.41. The largest absolute Gasteiger partial charge is 0.478 e. The van der Waals surface area contributed by atoms with Crippen LogP contribution < -0.4 is 0 Å². The van der Waals surface area contributed by atoms with Crippen LogP contribution in [0.4, 0.5) is 0 Å². The minimum Gasteiger partial charge on any atom is -0.478 e. The Morgan fingerprint density at radius 3 is 2.95 bits per heavy atom. The fourth-order valence-corrected chi connectivity index (χ4v) is 3.39. The standard InChI is InChI=1S/C14H13NO2S2/c1-10-8-18-14(15-10)19-9-12-5-3-2-4-11(12)6-7-13(16)17/h2-8H,9H2,1H3,(H,16,17). The van der Waals surface area contributed by atoms with Crippen molar-refractivity contribution < 1.29 is 9.90 Å². The fourth-order valence-electron chi connectivity index (χ4n) is 1.53. The van der Waals surface area contributed by atoms with E-state index >= 15 is 0 Å². The highest BCUT2D eigenvalue weighted by molar-refractivity contribution is 8.00. The number of carboxylic acid groups (broad SMARTS) is 1. The van der Waals surface area contributed by atoms with Crippen LogP contribution in [0.3, 0.4) is 0 Å². The van der Waals surface area contributed by atoms with Crippen LogP contribution >= 0.6 is 23.1 Å². The van der Waals surface area contributed by atoms with Gasteiger partial charge in [0, 0.05) is 22.9 Å². The zero-order valence-corrected chi connectivity index (χ0v) is 12.0. The summed E-state index contributed by atoms with van der Waals surface area (Å²) >= 11 is 3.30. The van der Waals surface area contributed by atoms with Gasteiger partial charge in [-0.3, -0.25) is 0 Å². The van der Waals surface area contributed by atoms with E-state index in [0.29, 0.717) is 0 Å². The number of hydrogen-bond donors (Lipinski definition) is 1. The van der Waals surface area contributed by atoms with Crippen LogP contribution in [-0.4, -0.2) is 16.1 Å². The van der Waals surface area contributed by atoms with Gasteiger partial charge in [-0.1, -0.05) is 36.0 Å². The van der Waals surface area contributed by atoms with Crippen LogP contribution in [0.15, 0.2) is 40.1 Å². The maximum Gasteiger partial charge on any atom is 0.328 e. The molecule has 0 unspecified atom stereocenters. The van der Waals surface area contributed by atoms with Crippen molar-refractivity contribution in [1.29, 1.82) is 0 Å². The first-order valence-corrected chi connectivity index (χ1v) is 7.55. The maximum atomic E-state index is 10.6. The highest BCUT2D eigenvalue weighted by atomic mass is 32.2. The minimum absolute atomic E-state index is 0.785. The molecule has 0 atom stereocenters. The second-order valence-corrected chi connectivity index (χ2v) is 5.99. The van der Waals surface area contributed by atoms with Crippen LogP contribution in [-0.2, 0) is 10.5 Å². The summed E-state index contributed by atoms with van der Waals surface area (Å²) < 4.78 is 1.04. The molecule has 5 heteroatoms. The third kappa shape index (κ3) is 4.22. The molecule has 0 aliphatic carbocycles. The molecule has 0 aliphatic heterocycles. The minimum atomic E-state index is -0.932. The topological polar surface area (TPSA) is 50.2 Å². The number of carboxylic acids is 1. The first-order chi connectivity index (χ1) is 9.15. The number of carbonyl (C=O) groups is 1. The zero-order valence-electron chi connectivity index (χ0n) is 10.4. The highest BCUT2D eigenvalue weighted by Gasteiger charge is 2.03. The molecule has 0 radical (unpaired) electrons. The van der Waals surface area contributed by atoms with Crippen molar-refractivity contribution in [3.05, 3.63) is 52.5 Å². The van der Waals surface area contributed by atoms with E-state index in [0.717, 1.165) is 33.0 Å². The summed E-state index contributed by atoms with van der Waals surface area (Å²) in [5.41, 5.74) is 3.08. The Morgan fingerprint density at radius 2 is 2.26 bits per heavy atom. The van der Waals surface area contributed by atoms with E-state index < -0.39 is 5.97 Å². The lowest BCUT2D eigenvalue weighted by molar-refractivity contribution is -0.131. The number of hydrogen-bond acceptors (Lipinski definition) is 4. The van der Waals surface area contributed by atoms with Crippen LogP contribution in [0.1, 0.15) is 16.8 Å². The lowest BCUT2D eigenvalue weighted by Crippen LogP contribution is -1.89. The molecule has 0 aliphatic rings. The monoisotopic (exact) mass is 291 g/mol. The molecule has 1 N–H and O–H groups in total. The van der Waals surface area contributed by atoms with Crippen molar-refractivity contribution in [2.75, 3.05) is 0 Å². The van der Waals surface area contributed by atoms with Gasteiger partial charge in [-0.2, -0.15) is 0 Å². The second-order valence-electron chi connectivity index (χ2n) is 3.91. The molecule has 0 amide bonds. The SMILES string of the molecule is Cc1csc(SCc2ccccc2C=CC(=O)O)n1. The molecular formula is C14H13NO2S2. The van der Waals surface area contributed by atoms with Gasteiger partial charge in [-0.05, 0) is 24.1 Å². The van der Waals surface area contributed by atoms with E-state index in [2.05, 4.69) is 4.98 Å². The molecule has 0 bridgehead atoms. The fraction of sp³-hybridized carbons (Fsp3) is 0.143. The quantitative estimate of drug-likeness (QED) is 0.671. The summed E-state index contributed by atoms with van der Waals surface area (Å²) in [5, 5.41) is 10.7. The molecular weight excluding hydrogens is 278 g/mol. The van der Waals surface area contributed by atoms with Crippen molar-refractivity contribution in [3.63, 3.8) is 0 Å². The molecule has 0 spiro atoms. The number of thioether (sulfide) groups is 1. The molecule has 1 aromatic carbocycles. The Balaban J connectivity index is 2.09. The lowest BCUT2D eigenvalue weighted by Gasteiger charge is -2.04. The van der Waals surface area contributed by atoms with E-state index in [9.17, 15) is 4.79 Å². The summed E-state index contributed by atoms with van der Waals surface area (Å²) in [6.45, 7) is 1.98. The number of nitrogens with zero attached hydrogens (tertiary/aromatic N) is 1. The smallest absolute Gasteiger partial charge is 0.328 e. The molecule has 0 saturated heterocycles. The van der Waals surface area contributed by atoms with E-state index in [-0.39, 0.29) is 0 Å². The normalized spacial score (nSPS) is 11.0. The number of aliphatic carboxylic acids is 1. The summed E-state index contributed by atoms with van der Waals surface area (Å²) in [6.07, 6.45) is 2.79. The van der Waals surface area contributed by atoms with E-state index in [4.69, 9.17) is 5.11 Å². The van der Waals surface area contributed by atoms with Crippen molar-refractivity contribution >= 4 is 35.1 Å². The van der Waals surface area contributed by atoms with Gasteiger partial charge in [0.05, 0.1) is 0 Å². The van der Waals surface area contributed by atoms with Crippen LogP contribution in [0.25, 0.3) is 6.08 Å². The first kappa shape index (κ1) is 13.8. The summed E-state index contributed by atoms with van der Waals surface area (Å²) in [6, 6.07) is 7.79. The van der Waals surface area contributed by atoms with Crippen molar-refractivity contribution in [1.82, 2.24) is 4.98 Å². The Hall–Kier alpha value is -1.59. The third-order valence-corrected chi connectivity index (χ3v) is 4.60. The second kappa shape index (κ2) is 6.54. The number of rotatable bonds is 5. The number of aromatic nitrogens is 1. The predicted octanol–water partition coefficient (Wildman–Crippen LogP) is 3.84. The molecule has 1 heterocycles. The van der Waals surface area contributed by atoms with Gasteiger partial charge in [0.15, 0.2) is 0 Å². The van der Waals surface area contributed by atoms with Gasteiger partial charge in [-0.15, -0.1) is 11.3 Å². The molecule has 2 aromatic rings. The predicted molar refractivity (Wildman–Crippen MR) is 79.5 cm³/mol. The summed E-state index contributed by atoms with van der Waals surface area (Å²) in [7, 11) is 0. The average Bonchev–Trinajstić information content (AvgIpc) is 2.80. The molecule has 3 nitrogen and oxygen atoms in total. The molecule has 0 saturated carbocycles. The van der Waals surface area contributed by atoms with Gasteiger partial charge in [-0.25, -0.2) is 9.78 Å². The number of benzene rings is 1. The average molecular weight is 291 g/mol. The van der Waals surface area contributed by atoms with E-state index in [1.165, 1.54) is 0 Å². The molecule has 98 valence electrons. The summed E-state index contributed by atoms with van der Waals surface area (Å²) in [4.78, 5) is 15.0. The summed E-state index contributed by atoms with van der Waals surface area (Å²) in [5.74, 6) is -0.148. The molecule has 1 aromatic heterocycles. The van der Waals surface area contributed by atoms with Gasteiger partial charge in [0.1, 0.15) is 4.34 Å². The van der Waals surface area contributed by atoms with Gasteiger partial charge in [0.2, 0.25) is 0 Å². The molecule has 0 fully saturated rings. The zero-order chi connectivity index (χ0) is 13.7. The van der Waals surface area contributed by atoms with Crippen molar-refractivity contribution in [2.45, 2.75) is 17.0 Å². The Morgan fingerprint density at radius 1 is 1.47 bits per heavy atom. The Kier molecular flexibility index (Phi) is 4.76. The van der Waals surface area contributed by atoms with Gasteiger partial charge < -0.3 is 5.11 Å². The molecule has 19 heavy (non-hydrogen) atoms.